The van der Waals surface area contributed by atoms with Gasteiger partial charge in [-0.25, -0.2) is 0 Å². The number of carbonyl (C=O) groups is 3. The van der Waals surface area contributed by atoms with E-state index >= 15 is 0 Å². The second-order valence-corrected chi connectivity index (χ2v) is 13.8. The van der Waals surface area contributed by atoms with Gasteiger partial charge in [0.25, 0.3) is 0 Å². The molecule has 0 aromatic carbocycles. The van der Waals surface area contributed by atoms with E-state index in [0.29, 0.717) is 19.3 Å². The molecule has 1 saturated carbocycles. The van der Waals surface area contributed by atoms with Crippen LogP contribution in [0.2, 0.25) is 0 Å². The average molecular weight is 667 g/mol. The minimum absolute atomic E-state index is 0.0361. The number of esters is 2. The van der Waals surface area contributed by atoms with Crippen LogP contribution in [0.25, 0.3) is 0 Å². The summed E-state index contributed by atoms with van der Waals surface area (Å²) in [5, 5.41) is 30.6. The van der Waals surface area contributed by atoms with Crippen molar-refractivity contribution in [2.75, 3.05) is 13.2 Å². The lowest BCUT2D eigenvalue weighted by atomic mass is 9.88. The van der Waals surface area contributed by atoms with Crippen LogP contribution in [0.15, 0.2) is 12.2 Å². The van der Waals surface area contributed by atoms with Crippen LogP contribution in [0, 0.1) is 11.8 Å². The first-order valence-corrected chi connectivity index (χ1v) is 19.3. The van der Waals surface area contributed by atoms with Crippen LogP contribution in [0.1, 0.15) is 174 Å². The summed E-state index contributed by atoms with van der Waals surface area (Å²) in [5.74, 6) is -1.15. The highest BCUT2D eigenvalue weighted by atomic mass is 16.6. The van der Waals surface area contributed by atoms with Crippen LogP contribution < -0.4 is 0 Å². The molecule has 3 N–H and O–H groups in total. The predicted molar refractivity (Wildman–Crippen MR) is 188 cm³/mol. The van der Waals surface area contributed by atoms with Gasteiger partial charge in [-0.3, -0.25) is 14.4 Å². The highest BCUT2D eigenvalue weighted by Gasteiger charge is 2.39. The number of ether oxygens (including phenoxy) is 2. The van der Waals surface area contributed by atoms with Crippen molar-refractivity contribution in [2.45, 2.75) is 193 Å². The van der Waals surface area contributed by atoms with E-state index in [-0.39, 0.29) is 55.6 Å². The van der Waals surface area contributed by atoms with Crippen molar-refractivity contribution in [2.24, 2.45) is 11.8 Å². The number of ketones is 1. The van der Waals surface area contributed by atoms with Gasteiger partial charge in [-0.15, -0.1) is 0 Å². The normalized spacial score (nSPS) is 19.3. The fourth-order valence-electron chi connectivity index (χ4n) is 6.40. The summed E-state index contributed by atoms with van der Waals surface area (Å²) in [5.41, 5.74) is 0. The standard InChI is InChI=1S/C39H70O8/c1-3-5-7-8-9-10-11-12-13-14-15-16-21-25-38(44)46-30-33(41)31-47-39(45)26-22-18-17-20-24-34-35(37(43)29-36(34)42)28-27-32(40)23-19-6-4-2/h27-28,32-36,40-42H,3-26,29-31H2,1-2H3/b28-27+/t32-,33-,34+,35+,36-/m0/s1. The largest absolute Gasteiger partial charge is 0.463 e. The number of Topliss-reactive ketones (excluding diaryl/α,β-unsaturated/α-hetero) is 1. The quantitative estimate of drug-likeness (QED) is 0.0383. The lowest BCUT2D eigenvalue weighted by Crippen LogP contribution is -2.25. The number of aliphatic hydroxyl groups is 3. The van der Waals surface area contributed by atoms with E-state index in [1.807, 2.05) is 0 Å². The summed E-state index contributed by atoms with van der Waals surface area (Å²) in [6.07, 6.45) is 26.0. The van der Waals surface area contributed by atoms with Crippen LogP contribution in [0.3, 0.4) is 0 Å². The van der Waals surface area contributed by atoms with Gasteiger partial charge in [0.15, 0.2) is 0 Å². The molecule has 0 bridgehead atoms. The molecular weight excluding hydrogens is 596 g/mol. The maximum absolute atomic E-state index is 12.4. The first kappa shape index (κ1) is 43.3. The predicted octanol–water partition coefficient (Wildman–Crippen LogP) is 8.32. The molecule has 8 nitrogen and oxygen atoms in total. The Morgan fingerprint density at radius 1 is 0.702 bits per heavy atom. The van der Waals surface area contributed by atoms with Crippen molar-refractivity contribution in [1.82, 2.24) is 0 Å². The maximum atomic E-state index is 12.4. The van der Waals surface area contributed by atoms with Crippen LogP contribution in [-0.4, -0.2) is 64.6 Å². The Bertz CT molecular complexity index is 828. The summed E-state index contributed by atoms with van der Waals surface area (Å²) in [6.45, 7) is 4.00. The third-order valence-corrected chi connectivity index (χ3v) is 9.41. The van der Waals surface area contributed by atoms with Gasteiger partial charge in [0.05, 0.1) is 12.2 Å². The van der Waals surface area contributed by atoms with Crippen molar-refractivity contribution in [3.05, 3.63) is 12.2 Å². The molecule has 0 radical (unpaired) electrons. The average Bonchev–Trinajstić information content (AvgIpc) is 3.32. The Labute approximate surface area is 286 Å². The van der Waals surface area contributed by atoms with Crippen LogP contribution in [-0.2, 0) is 23.9 Å². The van der Waals surface area contributed by atoms with E-state index in [2.05, 4.69) is 13.8 Å². The van der Waals surface area contributed by atoms with Crippen molar-refractivity contribution in [3.63, 3.8) is 0 Å². The zero-order valence-electron chi connectivity index (χ0n) is 30.0. The van der Waals surface area contributed by atoms with E-state index in [1.54, 1.807) is 12.2 Å². The van der Waals surface area contributed by atoms with Gasteiger partial charge in [-0.1, -0.05) is 142 Å². The molecule has 0 saturated heterocycles. The second kappa shape index (κ2) is 29.2. The fraction of sp³-hybridized carbons (Fsp3) is 0.872. The molecular formula is C39H70O8. The first-order chi connectivity index (χ1) is 22.8. The number of unbranched alkanes of at least 4 members (excludes halogenated alkanes) is 17. The number of rotatable bonds is 31. The number of allylic oxidation sites excluding steroid dienone is 1. The lowest BCUT2D eigenvalue weighted by Gasteiger charge is -2.19. The summed E-state index contributed by atoms with van der Waals surface area (Å²) in [4.78, 5) is 36.4. The molecule has 8 heteroatoms. The number of aliphatic hydroxyl groups excluding tert-OH is 3. The van der Waals surface area contributed by atoms with E-state index < -0.39 is 18.3 Å². The molecule has 1 rings (SSSR count). The highest BCUT2D eigenvalue weighted by Crippen LogP contribution is 2.34. The Hall–Kier alpha value is -1.77. The van der Waals surface area contributed by atoms with Gasteiger partial charge in [0, 0.05) is 25.2 Å². The van der Waals surface area contributed by atoms with Gasteiger partial charge >= 0.3 is 11.9 Å². The summed E-state index contributed by atoms with van der Waals surface area (Å²) in [7, 11) is 0. The van der Waals surface area contributed by atoms with Crippen LogP contribution >= 0.6 is 0 Å². The molecule has 0 amide bonds. The third-order valence-electron chi connectivity index (χ3n) is 9.41. The van der Waals surface area contributed by atoms with Gasteiger partial charge in [0.2, 0.25) is 0 Å². The Morgan fingerprint density at radius 2 is 1.15 bits per heavy atom. The smallest absolute Gasteiger partial charge is 0.305 e. The van der Waals surface area contributed by atoms with Gasteiger partial charge in [0.1, 0.15) is 25.1 Å². The molecule has 5 atom stereocenters. The highest BCUT2D eigenvalue weighted by molar-refractivity contribution is 5.86. The fourth-order valence-corrected chi connectivity index (χ4v) is 6.40. The van der Waals surface area contributed by atoms with Gasteiger partial charge < -0.3 is 24.8 Å². The van der Waals surface area contributed by atoms with Gasteiger partial charge in [-0.05, 0) is 31.6 Å². The molecule has 0 unspecified atom stereocenters. The number of hydrogen-bond donors (Lipinski definition) is 3. The lowest BCUT2D eigenvalue weighted by molar-refractivity contribution is -0.152. The van der Waals surface area contributed by atoms with Crippen LogP contribution in [0.5, 0.6) is 0 Å². The van der Waals surface area contributed by atoms with Crippen molar-refractivity contribution >= 4 is 17.7 Å². The van der Waals surface area contributed by atoms with Crippen LogP contribution in [0.4, 0.5) is 0 Å². The summed E-state index contributed by atoms with van der Waals surface area (Å²) in [6, 6.07) is 0. The molecule has 0 aromatic heterocycles. The molecule has 0 heterocycles. The SMILES string of the molecule is CCCCCCCCCCCCCCCC(=O)OC[C@H](O)COC(=O)CCCCCC[C@H]1[C@@H](O)CC(=O)[C@@H]1/C=C/[C@@H](O)CCCCC. The molecule has 274 valence electrons. The Morgan fingerprint density at radius 3 is 1.66 bits per heavy atom. The molecule has 0 aromatic rings. The minimum Gasteiger partial charge on any atom is -0.463 e. The van der Waals surface area contributed by atoms with Gasteiger partial charge in [-0.2, -0.15) is 0 Å². The summed E-state index contributed by atoms with van der Waals surface area (Å²) >= 11 is 0. The third kappa shape index (κ3) is 23.3. The molecule has 0 spiro atoms. The van der Waals surface area contributed by atoms with E-state index in [1.165, 1.54) is 64.2 Å². The molecule has 1 aliphatic rings. The monoisotopic (exact) mass is 667 g/mol. The number of hydrogen-bond acceptors (Lipinski definition) is 8. The van der Waals surface area contributed by atoms with Crippen molar-refractivity contribution in [1.29, 1.82) is 0 Å². The maximum Gasteiger partial charge on any atom is 0.305 e. The molecule has 1 fully saturated rings. The van der Waals surface area contributed by atoms with Crippen molar-refractivity contribution in [3.8, 4) is 0 Å². The minimum atomic E-state index is -1.03. The topological polar surface area (TPSA) is 130 Å². The molecule has 1 aliphatic carbocycles. The summed E-state index contributed by atoms with van der Waals surface area (Å²) < 4.78 is 10.3. The Kier molecular flexibility index (Phi) is 26.8. The van der Waals surface area contributed by atoms with E-state index in [0.717, 1.165) is 64.2 Å². The van der Waals surface area contributed by atoms with E-state index in [9.17, 15) is 29.7 Å². The van der Waals surface area contributed by atoms with E-state index in [4.69, 9.17) is 9.47 Å². The number of carbonyl (C=O) groups excluding carboxylic acids is 3. The molecule has 0 aliphatic heterocycles. The second-order valence-electron chi connectivity index (χ2n) is 13.8. The zero-order chi connectivity index (χ0) is 34.5. The van der Waals surface area contributed by atoms with Crippen molar-refractivity contribution < 1.29 is 39.2 Å². The first-order valence-electron chi connectivity index (χ1n) is 19.3. The zero-order valence-corrected chi connectivity index (χ0v) is 30.0. The molecule has 47 heavy (non-hydrogen) atoms. The Balaban J connectivity index is 2.03.